The van der Waals surface area contributed by atoms with Crippen molar-refractivity contribution in [2.24, 2.45) is 0 Å². The first-order valence-electron chi connectivity index (χ1n) is 5.66. The third-order valence-corrected chi connectivity index (χ3v) is 2.41. The minimum Gasteiger partial charge on any atom is -0.295 e. The highest BCUT2D eigenvalue weighted by Gasteiger charge is 2.02. The molecular weight excluding hydrogens is 196 g/mol. The van der Waals surface area contributed by atoms with Crippen LogP contribution in [-0.2, 0) is 4.79 Å². The van der Waals surface area contributed by atoms with Gasteiger partial charge in [0.25, 0.3) is 0 Å². The fraction of sp³-hybridized carbons (Fsp3) is 0.333. The van der Waals surface area contributed by atoms with Crippen molar-refractivity contribution in [2.45, 2.75) is 33.6 Å². The van der Waals surface area contributed by atoms with E-state index in [0.29, 0.717) is 0 Å². The van der Waals surface area contributed by atoms with E-state index in [1.165, 1.54) is 0 Å². The summed E-state index contributed by atoms with van der Waals surface area (Å²) in [7, 11) is 0. The van der Waals surface area contributed by atoms with Gasteiger partial charge in [0.15, 0.2) is 5.78 Å². The Balaban J connectivity index is 2.98. The number of Topliss-reactive ketones (excluding diaryl/α,β-unsaturated/α-hetero) is 1. The molecule has 0 aromatic heterocycles. The molecule has 0 aliphatic heterocycles. The van der Waals surface area contributed by atoms with Crippen LogP contribution in [-0.4, -0.2) is 5.78 Å². The molecule has 0 spiro atoms. The SMILES string of the molecule is CCC/C(=C\C1=CC=CC(C)=C=C1)C(C)=O. The summed E-state index contributed by atoms with van der Waals surface area (Å²) in [5.74, 6) is 0.157. The lowest BCUT2D eigenvalue weighted by molar-refractivity contribution is -0.113. The maximum atomic E-state index is 11.4. The second-order valence-electron chi connectivity index (χ2n) is 3.97. The van der Waals surface area contributed by atoms with Gasteiger partial charge >= 0.3 is 0 Å². The molecule has 0 heterocycles. The second kappa shape index (κ2) is 6.09. The van der Waals surface area contributed by atoms with E-state index >= 15 is 0 Å². The highest BCUT2D eigenvalue weighted by molar-refractivity contribution is 5.93. The second-order valence-corrected chi connectivity index (χ2v) is 3.97. The van der Waals surface area contributed by atoms with E-state index in [0.717, 1.165) is 29.6 Å². The molecule has 0 saturated heterocycles. The Bertz CT molecular complexity index is 424. The predicted molar refractivity (Wildman–Crippen MR) is 68.2 cm³/mol. The van der Waals surface area contributed by atoms with E-state index in [1.807, 2.05) is 37.3 Å². The summed E-state index contributed by atoms with van der Waals surface area (Å²) in [6.07, 6.45) is 11.7. The fourth-order valence-electron chi connectivity index (χ4n) is 1.51. The van der Waals surface area contributed by atoms with Crippen molar-refractivity contribution >= 4 is 5.78 Å². The molecule has 16 heavy (non-hydrogen) atoms. The van der Waals surface area contributed by atoms with E-state index in [-0.39, 0.29) is 5.78 Å². The molecule has 0 aromatic rings. The molecule has 1 aliphatic carbocycles. The number of ketones is 1. The standard InChI is InChI=1S/C15H18O/c1-4-6-15(13(3)16)11-14-8-5-7-12(2)9-10-14/h5,7-8,10-11H,4,6H2,1-3H3/b15-11+. The number of hydrogen-bond donors (Lipinski definition) is 0. The summed E-state index contributed by atoms with van der Waals surface area (Å²) in [5.41, 5.74) is 6.18. The van der Waals surface area contributed by atoms with Crippen molar-refractivity contribution in [3.8, 4) is 0 Å². The molecule has 1 aliphatic rings. The molecule has 0 fully saturated rings. The van der Waals surface area contributed by atoms with Crippen molar-refractivity contribution in [3.63, 3.8) is 0 Å². The minimum absolute atomic E-state index is 0.157. The third-order valence-electron chi connectivity index (χ3n) is 2.41. The summed E-state index contributed by atoms with van der Waals surface area (Å²) >= 11 is 0. The van der Waals surface area contributed by atoms with E-state index in [4.69, 9.17) is 0 Å². The topological polar surface area (TPSA) is 17.1 Å². The van der Waals surface area contributed by atoms with Gasteiger partial charge in [0.1, 0.15) is 0 Å². The molecule has 0 unspecified atom stereocenters. The van der Waals surface area contributed by atoms with Gasteiger partial charge < -0.3 is 0 Å². The molecule has 0 saturated carbocycles. The van der Waals surface area contributed by atoms with Crippen LogP contribution in [0.3, 0.4) is 0 Å². The fourth-order valence-corrected chi connectivity index (χ4v) is 1.51. The number of carbonyl (C=O) groups excluding carboxylic acids is 1. The van der Waals surface area contributed by atoms with E-state index in [9.17, 15) is 4.79 Å². The Hall–Kier alpha value is -1.59. The number of carbonyl (C=O) groups is 1. The van der Waals surface area contributed by atoms with Crippen LogP contribution >= 0.6 is 0 Å². The first-order valence-corrected chi connectivity index (χ1v) is 5.66. The Labute approximate surface area is 97.6 Å². The molecule has 1 heteroatoms. The monoisotopic (exact) mass is 214 g/mol. The zero-order chi connectivity index (χ0) is 12.0. The number of allylic oxidation sites excluding steroid dienone is 7. The largest absolute Gasteiger partial charge is 0.295 e. The summed E-state index contributed by atoms with van der Waals surface area (Å²) in [6.45, 7) is 5.71. The van der Waals surface area contributed by atoms with Gasteiger partial charge in [-0.3, -0.25) is 4.79 Å². The van der Waals surface area contributed by atoms with Crippen LogP contribution in [0.2, 0.25) is 0 Å². The lowest BCUT2D eigenvalue weighted by atomic mass is 10.0. The lowest BCUT2D eigenvalue weighted by Crippen LogP contribution is -1.96. The molecule has 0 N–H and O–H groups in total. The van der Waals surface area contributed by atoms with Crippen LogP contribution in [0, 0.1) is 0 Å². The van der Waals surface area contributed by atoms with Crippen LogP contribution in [0.4, 0.5) is 0 Å². The highest BCUT2D eigenvalue weighted by atomic mass is 16.1. The van der Waals surface area contributed by atoms with Crippen LogP contribution in [0.15, 0.2) is 52.8 Å². The average Bonchev–Trinajstić information content (AvgIpc) is 2.43. The summed E-state index contributed by atoms with van der Waals surface area (Å²) in [6, 6.07) is 0. The first kappa shape index (κ1) is 12.5. The lowest BCUT2D eigenvalue weighted by Gasteiger charge is -2.01. The van der Waals surface area contributed by atoms with Crippen LogP contribution in [0.1, 0.15) is 33.6 Å². The molecule has 84 valence electrons. The molecule has 0 radical (unpaired) electrons. The normalized spacial score (nSPS) is 15.6. The predicted octanol–water partition coefficient (Wildman–Crippen LogP) is 3.90. The summed E-state index contributed by atoms with van der Waals surface area (Å²) < 4.78 is 0. The Kier molecular flexibility index (Phi) is 4.75. The van der Waals surface area contributed by atoms with Gasteiger partial charge in [-0.15, -0.1) is 5.73 Å². The van der Waals surface area contributed by atoms with E-state index in [2.05, 4.69) is 12.7 Å². The van der Waals surface area contributed by atoms with Gasteiger partial charge in [-0.25, -0.2) is 0 Å². The molecule has 0 bridgehead atoms. The molecule has 1 nitrogen and oxygen atoms in total. The van der Waals surface area contributed by atoms with Gasteiger partial charge in [-0.2, -0.15) is 0 Å². The molecule has 0 aromatic carbocycles. The third kappa shape index (κ3) is 3.88. The van der Waals surface area contributed by atoms with E-state index < -0.39 is 0 Å². The van der Waals surface area contributed by atoms with Gasteiger partial charge in [0.05, 0.1) is 0 Å². The van der Waals surface area contributed by atoms with Crippen LogP contribution < -0.4 is 0 Å². The highest BCUT2D eigenvalue weighted by Crippen LogP contribution is 2.13. The molecule has 1 rings (SSSR count). The smallest absolute Gasteiger partial charge is 0.155 e. The van der Waals surface area contributed by atoms with Gasteiger partial charge in [0.2, 0.25) is 0 Å². The van der Waals surface area contributed by atoms with Gasteiger partial charge in [-0.05, 0) is 49.1 Å². The first-order chi connectivity index (χ1) is 7.63. The van der Waals surface area contributed by atoms with Crippen molar-refractivity contribution in [2.75, 3.05) is 0 Å². The van der Waals surface area contributed by atoms with Crippen molar-refractivity contribution < 1.29 is 4.79 Å². The Morgan fingerprint density at radius 2 is 2.25 bits per heavy atom. The molecule has 0 atom stereocenters. The molecular formula is C15H18O. The average molecular weight is 214 g/mol. The van der Waals surface area contributed by atoms with Crippen LogP contribution in [0.25, 0.3) is 0 Å². The Morgan fingerprint density at radius 3 is 2.88 bits per heavy atom. The maximum absolute atomic E-state index is 11.4. The van der Waals surface area contributed by atoms with Crippen molar-refractivity contribution in [1.29, 1.82) is 0 Å². The summed E-state index contributed by atoms with van der Waals surface area (Å²) in [4.78, 5) is 11.4. The zero-order valence-electron chi connectivity index (χ0n) is 10.2. The minimum atomic E-state index is 0.157. The van der Waals surface area contributed by atoms with E-state index in [1.54, 1.807) is 6.92 Å². The zero-order valence-corrected chi connectivity index (χ0v) is 10.2. The molecule has 0 amide bonds. The summed E-state index contributed by atoms with van der Waals surface area (Å²) in [5, 5.41) is 0. The van der Waals surface area contributed by atoms with Crippen LogP contribution in [0.5, 0.6) is 0 Å². The Morgan fingerprint density at radius 1 is 1.50 bits per heavy atom. The quantitative estimate of drug-likeness (QED) is 0.512. The van der Waals surface area contributed by atoms with Gasteiger partial charge in [0, 0.05) is 0 Å². The van der Waals surface area contributed by atoms with Crippen molar-refractivity contribution in [3.05, 3.63) is 52.8 Å². The number of rotatable bonds is 4. The maximum Gasteiger partial charge on any atom is 0.155 e. The van der Waals surface area contributed by atoms with Gasteiger partial charge in [-0.1, -0.05) is 31.6 Å². The van der Waals surface area contributed by atoms with Crippen molar-refractivity contribution in [1.82, 2.24) is 0 Å². The number of hydrogen-bond acceptors (Lipinski definition) is 1.